The van der Waals surface area contributed by atoms with Gasteiger partial charge in [-0.25, -0.2) is 0 Å². The summed E-state index contributed by atoms with van der Waals surface area (Å²) in [5, 5.41) is 10.8. The molecule has 3 atom stereocenters. The molecule has 1 aromatic heterocycles. The zero-order chi connectivity index (χ0) is 19.8. The number of carbonyl (C=O) groups is 2. The Bertz CT molecular complexity index is 654. The van der Waals surface area contributed by atoms with Crippen molar-refractivity contribution in [2.24, 2.45) is 5.92 Å². The molecule has 2 fully saturated rings. The summed E-state index contributed by atoms with van der Waals surface area (Å²) in [6.45, 7) is 3.45. The van der Waals surface area contributed by atoms with Crippen LogP contribution in [0, 0.1) is 5.92 Å². The van der Waals surface area contributed by atoms with Crippen molar-refractivity contribution < 1.29 is 24.2 Å². The molecule has 3 rings (SSSR count). The van der Waals surface area contributed by atoms with Crippen molar-refractivity contribution in [1.29, 1.82) is 0 Å². The number of aliphatic carboxylic acids is 1. The lowest BCUT2D eigenvalue weighted by Crippen LogP contribution is -2.49. The van der Waals surface area contributed by atoms with Crippen LogP contribution in [0.2, 0.25) is 0 Å². The SMILES string of the molecule is O=C(O)CCC/C=C/CC1C(OCc2cccs2)CC(=O)C1N1CCOCC1. The Morgan fingerprint density at radius 1 is 1.36 bits per heavy atom. The lowest BCUT2D eigenvalue weighted by atomic mass is 9.95. The van der Waals surface area contributed by atoms with Gasteiger partial charge in [0.1, 0.15) is 0 Å². The molecule has 0 bridgehead atoms. The number of ketones is 1. The third kappa shape index (κ3) is 5.98. The smallest absolute Gasteiger partial charge is 0.303 e. The molecule has 0 amide bonds. The molecule has 0 radical (unpaired) electrons. The van der Waals surface area contributed by atoms with Crippen molar-refractivity contribution in [3.63, 3.8) is 0 Å². The zero-order valence-corrected chi connectivity index (χ0v) is 16.9. The first-order chi connectivity index (χ1) is 13.6. The Kier molecular flexibility index (Phi) is 8.21. The van der Waals surface area contributed by atoms with Gasteiger partial charge in [0.15, 0.2) is 5.78 Å². The lowest BCUT2D eigenvalue weighted by Gasteiger charge is -2.35. The van der Waals surface area contributed by atoms with E-state index in [2.05, 4.69) is 17.0 Å². The van der Waals surface area contributed by atoms with Crippen molar-refractivity contribution in [2.45, 2.75) is 50.9 Å². The minimum atomic E-state index is -0.760. The number of unbranched alkanes of at least 4 members (excludes halogenated alkanes) is 1. The van der Waals surface area contributed by atoms with Gasteiger partial charge in [-0.05, 0) is 30.7 Å². The summed E-state index contributed by atoms with van der Waals surface area (Å²) in [4.78, 5) is 26.9. The monoisotopic (exact) mass is 407 g/mol. The summed E-state index contributed by atoms with van der Waals surface area (Å²) < 4.78 is 11.6. The van der Waals surface area contributed by atoms with Crippen molar-refractivity contribution in [3.8, 4) is 0 Å². The van der Waals surface area contributed by atoms with Crippen molar-refractivity contribution in [3.05, 3.63) is 34.5 Å². The van der Waals surface area contributed by atoms with Gasteiger partial charge in [0.2, 0.25) is 0 Å². The highest BCUT2D eigenvalue weighted by Crippen LogP contribution is 2.34. The van der Waals surface area contributed by atoms with Gasteiger partial charge in [0.05, 0.1) is 32.0 Å². The van der Waals surface area contributed by atoms with Crippen LogP contribution in [0.4, 0.5) is 0 Å². The van der Waals surface area contributed by atoms with E-state index in [1.54, 1.807) is 11.3 Å². The summed E-state index contributed by atoms with van der Waals surface area (Å²) >= 11 is 1.67. The Labute approximate surface area is 170 Å². The summed E-state index contributed by atoms with van der Waals surface area (Å²) in [6, 6.07) is 3.95. The third-order valence-corrected chi connectivity index (χ3v) is 6.26. The van der Waals surface area contributed by atoms with Gasteiger partial charge in [-0.1, -0.05) is 18.2 Å². The first-order valence-corrected chi connectivity index (χ1v) is 10.9. The number of ether oxygens (including phenoxy) is 2. The van der Waals surface area contributed by atoms with Crippen molar-refractivity contribution >= 4 is 23.1 Å². The van der Waals surface area contributed by atoms with Crippen LogP contribution in [0.5, 0.6) is 0 Å². The molecule has 1 N–H and O–H groups in total. The third-order valence-electron chi connectivity index (χ3n) is 5.41. The van der Waals surface area contributed by atoms with E-state index in [1.807, 2.05) is 17.5 Å². The molecule has 2 heterocycles. The van der Waals surface area contributed by atoms with Gasteiger partial charge < -0.3 is 14.6 Å². The van der Waals surface area contributed by atoms with Crippen LogP contribution in [-0.4, -0.2) is 60.2 Å². The highest BCUT2D eigenvalue weighted by molar-refractivity contribution is 7.09. The molecule has 28 heavy (non-hydrogen) atoms. The van der Waals surface area contributed by atoms with Gasteiger partial charge in [0, 0.05) is 36.7 Å². The van der Waals surface area contributed by atoms with E-state index >= 15 is 0 Å². The van der Waals surface area contributed by atoms with E-state index in [1.165, 1.54) is 4.88 Å². The first kappa shape index (κ1) is 21.2. The number of nitrogens with zero attached hydrogens (tertiary/aromatic N) is 1. The van der Waals surface area contributed by atoms with Crippen LogP contribution in [0.3, 0.4) is 0 Å². The number of allylic oxidation sites excluding steroid dienone is 2. The fraction of sp³-hybridized carbons (Fsp3) is 0.619. The second-order valence-electron chi connectivity index (χ2n) is 7.35. The lowest BCUT2D eigenvalue weighted by molar-refractivity contribution is -0.137. The number of carbonyl (C=O) groups excluding carboxylic acids is 1. The molecule has 6 nitrogen and oxygen atoms in total. The van der Waals surface area contributed by atoms with Crippen LogP contribution >= 0.6 is 11.3 Å². The maximum atomic E-state index is 12.8. The molecular weight excluding hydrogens is 378 g/mol. The molecular formula is C21H29NO5S. The number of carboxylic acids is 1. The quantitative estimate of drug-likeness (QED) is 0.474. The maximum absolute atomic E-state index is 12.8. The Morgan fingerprint density at radius 3 is 2.89 bits per heavy atom. The molecule has 3 unspecified atom stereocenters. The molecule has 1 aliphatic carbocycles. The van der Waals surface area contributed by atoms with E-state index in [-0.39, 0.29) is 30.3 Å². The zero-order valence-electron chi connectivity index (χ0n) is 16.1. The standard InChI is InChI=1S/C21H29NO5S/c23-18-14-19(27-15-16-6-5-13-28-16)17(7-3-1-2-4-8-20(24)25)21(18)22-9-11-26-12-10-22/h1,3,5-6,13,17,19,21H,2,4,7-12,14-15H2,(H,24,25)/b3-1+. The highest BCUT2D eigenvalue weighted by Gasteiger charge is 2.45. The summed E-state index contributed by atoms with van der Waals surface area (Å²) in [5.41, 5.74) is 0. The highest BCUT2D eigenvalue weighted by atomic mass is 32.1. The molecule has 1 saturated carbocycles. The first-order valence-electron chi connectivity index (χ1n) is 10.0. The topological polar surface area (TPSA) is 76.1 Å². The molecule has 1 saturated heterocycles. The van der Waals surface area contributed by atoms with Gasteiger partial charge in [-0.3, -0.25) is 14.5 Å². The molecule has 0 aromatic carbocycles. The van der Waals surface area contributed by atoms with E-state index in [0.717, 1.165) is 25.9 Å². The normalized spacial score (nSPS) is 26.3. The minimum absolute atomic E-state index is 0.0777. The summed E-state index contributed by atoms with van der Waals surface area (Å²) in [6.07, 6.45) is 6.87. The number of carboxylic acid groups (broad SMARTS) is 1. The fourth-order valence-electron chi connectivity index (χ4n) is 4.03. The summed E-state index contributed by atoms with van der Waals surface area (Å²) in [5.74, 6) is -0.368. The molecule has 0 spiro atoms. The average Bonchev–Trinajstić information content (AvgIpc) is 3.31. The minimum Gasteiger partial charge on any atom is -0.481 e. The second-order valence-corrected chi connectivity index (χ2v) is 8.38. The van der Waals surface area contributed by atoms with Crippen LogP contribution in [0.25, 0.3) is 0 Å². The number of Topliss-reactive ketones (excluding diaryl/α,β-unsaturated/α-hetero) is 1. The number of rotatable bonds is 10. The van der Waals surface area contributed by atoms with Crippen LogP contribution in [0.1, 0.15) is 37.0 Å². The van der Waals surface area contributed by atoms with E-state index in [0.29, 0.717) is 32.7 Å². The van der Waals surface area contributed by atoms with Crippen LogP contribution < -0.4 is 0 Å². The predicted octanol–water partition coefficient (Wildman–Crippen LogP) is 3.12. The molecule has 1 aromatic rings. The van der Waals surface area contributed by atoms with Crippen molar-refractivity contribution in [2.75, 3.05) is 26.3 Å². The van der Waals surface area contributed by atoms with Gasteiger partial charge in [-0.15, -0.1) is 11.3 Å². The largest absolute Gasteiger partial charge is 0.481 e. The number of thiophene rings is 1. The number of hydrogen-bond donors (Lipinski definition) is 1. The summed E-state index contributed by atoms with van der Waals surface area (Å²) in [7, 11) is 0. The van der Waals surface area contributed by atoms with E-state index in [4.69, 9.17) is 14.6 Å². The average molecular weight is 408 g/mol. The predicted molar refractivity (Wildman–Crippen MR) is 107 cm³/mol. The molecule has 1 aliphatic heterocycles. The fourth-order valence-corrected chi connectivity index (χ4v) is 4.66. The van der Waals surface area contributed by atoms with E-state index < -0.39 is 5.97 Å². The Balaban J connectivity index is 1.61. The maximum Gasteiger partial charge on any atom is 0.303 e. The number of morpholine rings is 1. The Hall–Kier alpha value is -1.54. The Morgan fingerprint density at radius 2 is 2.18 bits per heavy atom. The van der Waals surface area contributed by atoms with Crippen molar-refractivity contribution in [1.82, 2.24) is 4.90 Å². The van der Waals surface area contributed by atoms with Gasteiger partial charge >= 0.3 is 5.97 Å². The molecule has 7 heteroatoms. The van der Waals surface area contributed by atoms with Crippen LogP contribution in [-0.2, 0) is 25.7 Å². The van der Waals surface area contributed by atoms with Gasteiger partial charge in [0.25, 0.3) is 0 Å². The number of hydrogen-bond acceptors (Lipinski definition) is 6. The van der Waals surface area contributed by atoms with Gasteiger partial charge in [-0.2, -0.15) is 0 Å². The molecule has 154 valence electrons. The van der Waals surface area contributed by atoms with E-state index in [9.17, 15) is 9.59 Å². The van der Waals surface area contributed by atoms with Crippen LogP contribution in [0.15, 0.2) is 29.7 Å². The second kappa shape index (κ2) is 10.9. The molecule has 2 aliphatic rings.